The zero-order valence-corrected chi connectivity index (χ0v) is 14.2. The molecule has 1 aromatic heterocycles. The van der Waals surface area contributed by atoms with E-state index in [2.05, 4.69) is 18.9 Å². The Hall–Kier alpha value is -1.89. The smallest absolute Gasteiger partial charge is 0.227 e. The highest BCUT2D eigenvalue weighted by Gasteiger charge is 2.65. The molecule has 1 aromatic rings. The highest BCUT2D eigenvalue weighted by molar-refractivity contribution is 5.85. The molecule has 0 N–H and O–H groups in total. The third kappa shape index (κ3) is 2.17. The third-order valence-electron chi connectivity index (χ3n) is 5.69. The van der Waals surface area contributed by atoms with Gasteiger partial charge in [-0.1, -0.05) is 13.8 Å². The molecule has 0 saturated carbocycles. The van der Waals surface area contributed by atoms with Crippen molar-refractivity contribution in [2.24, 2.45) is 5.92 Å². The maximum absolute atomic E-state index is 12.7. The van der Waals surface area contributed by atoms with Crippen molar-refractivity contribution in [3.05, 3.63) is 18.5 Å². The minimum absolute atomic E-state index is 0.0821. The fourth-order valence-electron chi connectivity index (χ4n) is 4.46. The number of carbonyl (C=O) groups excluding carboxylic acids is 2. The number of likely N-dealkylation sites (tertiary alicyclic amines) is 1. The van der Waals surface area contributed by atoms with Crippen LogP contribution < -0.4 is 0 Å². The minimum atomic E-state index is -0.576. The molecule has 0 unspecified atom stereocenters. The van der Waals surface area contributed by atoms with Gasteiger partial charge in [0.05, 0.1) is 25.1 Å². The number of aryl methyl sites for hydroxylation is 1. The summed E-state index contributed by atoms with van der Waals surface area (Å²) in [5.74, 6) is 0.566. The summed E-state index contributed by atoms with van der Waals surface area (Å²) in [7, 11) is 0. The molecular weight excluding hydrogens is 308 g/mol. The Morgan fingerprint density at radius 2 is 2.33 bits per heavy atom. The van der Waals surface area contributed by atoms with E-state index in [0.717, 1.165) is 6.42 Å². The van der Waals surface area contributed by atoms with Crippen molar-refractivity contribution in [3.8, 4) is 0 Å². The summed E-state index contributed by atoms with van der Waals surface area (Å²) in [4.78, 5) is 29.1. The zero-order chi connectivity index (χ0) is 16.9. The van der Waals surface area contributed by atoms with Gasteiger partial charge < -0.3 is 14.5 Å². The molecule has 0 radical (unpaired) electrons. The van der Waals surface area contributed by atoms with Gasteiger partial charge in [0.2, 0.25) is 11.8 Å². The van der Waals surface area contributed by atoms with Crippen molar-refractivity contribution in [2.75, 3.05) is 13.2 Å². The molecule has 3 atom stereocenters. The number of amides is 2. The second kappa shape index (κ2) is 5.58. The number of hydrogen-bond donors (Lipinski definition) is 0. The summed E-state index contributed by atoms with van der Waals surface area (Å²) in [6.07, 6.45) is 5.07. The van der Waals surface area contributed by atoms with E-state index in [1.807, 2.05) is 22.1 Å². The Balaban J connectivity index is 1.49. The lowest BCUT2D eigenvalue weighted by Gasteiger charge is -2.34. The first-order valence-electron chi connectivity index (χ1n) is 8.76. The minimum Gasteiger partial charge on any atom is -0.351 e. The standard InChI is InChI=1S/C17H24N4O3/c1-12(2)13-11-24-17-5-9-20(14(17)10-16(23)21(13)17)15(22)4-8-19-7-3-6-18-19/h3,6-7,12-14H,4-5,8-11H2,1-2H3/t13-,14+,17-/m0/s1. The first-order valence-corrected chi connectivity index (χ1v) is 8.76. The van der Waals surface area contributed by atoms with Gasteiger partial charge in [-0.05, 0) is 12.0 Å². The van der Waals surface area contributed by atoms with Crippen LogP contribution in [0.5, 0.6) is 0 Å². The van der Waals surface area contributed by atoms with E-state index in [1.165, 1.54) is 0 Å². The van der Waals surface area contributed by atoms with Gasteiger partial charge in [0.1, 0.15) is 0 Å². The van der Waals surface area contributed by atoms with E-state index in [9.17, 15) is 9.59 Å². The second-order valence-electron chi connectivity index (χ2n) is 7.31. The molecule has 7 heteroatoms. The van der Waals surface area contributed by atoms with E-state index < -0.39 is 5.72 Å². The SMILES string of the molecule is CC(C)[C@@H]1CO[C@@]23CCN(C(=O)CCn4cccn4)[C@@H]2CC(=O)N13. The molecule has 2 amide bonds. The van der Waals surface area contributed by atoms with Crippen molar-refractivity contribution < 1.29 is 14.3 Å². The lowest BCUT2D eigenvalue weighted by Crippen LogP contribution is -2.51. The molecule has 3 aliphatic heterocycles. The van der Waals surface area contributed by atoms with Crippen LogP contribution in [0.25, 0.3) is 0 Å². The van der Waals surface area contributed by atoms with Crippen molar-refractivity contribution in [3.63, 3.8) is 0 Å². The monoisotopic (exact) mass is 332 g/mol. The molecule has 1 spiro atoms. The van der Waals surface area contributed by atoms with Crippen LogP contribution in [0.2, 0.25) is 0 Å². The summed E-state index contributed by atoms with van der Waals surface area (Å²) < 4.78 is 7.92. The summed E-state index contributed by atoms with van der Waals surface area (Å²) >= 11 is 0. The summed E-state index contributed by atoms with van der Waals surface area (Å²) in [5, 5.41) is 4.13. The van der Waals surface area contributed by atoms with Gasteiger partial charge >= 0.3 is 0 Å². The number of carbonyl (C=O) groups is 2. The Kier molecular flexibility index (Phi) is 3.63. The number of hydrogen-bond acceptors (Lipinski definition) is 4. The van der Waals surface area contributed by atoms with Crippen molar-refractivity contribution in [2.45, 2.75) is 57.5 Å². The molecule has 3 saturated heterocycles. The molecule has 0 aliphatic carbocycles. The first-order chi connectivity index (χ1) is 11.5. The fourth-order valence-corrected chi connectivity index (χ4v) is 4.46. The summed E-state index contributed by atoms with van der Waals surface area (Å²) in [6.45, 7) is 6.05. The Labute approximate surface area is 141 Å². The molecule has 0 bridgehead atoms. The largest absolute Gasteiger partial charge is 0.351 e. The van der Waals surface area contributed by atoms with Gasteiger partial charge in [-0.25, -0.2) is 0 Å². The quantitative estimate of drug-likeness (QED) is 0.820. The van der Waals surface area contributed by atoms with Crippen LogP contribution in [0.1, 0.15) is 33.1 Å². The summed E-state index contributed by atoms with van der Waals surface area (Å²) in [5.41, 5.74) is -0.576. The molecule has 3 fully saturated rings. The average Bonchev–Trinajstić information content (AvgIpc) is 3.27. The molecule has 4 heterocycles. The van der Waals surface area contributed by atoms with Gasteiger partial charge in [0, 0.05) is 38.3 Å². The number of rotatable bonds is 4. The first kappa shape index (κ1) is 15.6. The average molecular weight is 332 g/mol. The normalized spacial score (nSPS) is 31.9. The van der Waals surface area contributed by atoms with E-state index in [0.29, 0.717) is 38.5 Å². The van der Waals surface area contributed by atoms with Gasteiger partial charge in [-0.2, -0.15) is 5.10 Å². The maximum Gasteiger partial charge on any atom is 0.227 e. The molecule has 3 aliphatic rings. The third-order valence-corrected chi connectivity index (χ3v) is 5.69. The Morgan fingerprint density at radius 3 is 3.04 bits per heavy atom. The highest BCUT2D eigenvalue weighted by atomic mass is 16.5. The molecule has 7 nitrogen and oxygen atoms in total. The van der Waals surface area contributed by atoms with Crippen molar-refractivity contribution >= 4 is 11.8 Å². The van der Waals surface area contributed by atoms with Crippen LogP contribution >= 0.6 is 0 Å². The molecule has 24 heavy (non-hydrogen) atoms. The summed E-state index contributed by atoms with van der Waals surface area (Å²) in [6, 6.07) is 1.84. The van der Waals surface area contributed by atoms with Gasteiger partial charge in [-0.3, -0.25) is 14.3 Å². The molecule has 0 aromatic carbocycles. The predicted octanol–water partition coefficient (Wildman–Crippen LogP) is 0.857. The Bertz CT molecular complexity index is 644. The second-order valence-corrected chi connectivity index (χ2v) is 7.31. The molecular formula is C17H24N4O3. The predicted molar refractivity (Wildman–Crippen MR) is 85.7 cm³/mol. The highest BCUT2D eigenvalue weighted by Crippen LogP contribution is 2.48. The van der Waals surface area contributed by atoms with E-state index in [4.69, 9.17) is 4.74 Å². The number of ether oxygens (including phenoxy) is 1. The molecule has 130 valence electrons. The van der Waals surface area contributed by atoms with Gasteiger partial charge in [0.15, 0.2) is 5.72 Å². The van der Waals surface area contributed by atoms with Crippen LogP contribution in [-0.4, -0.2) is 62.4 Å². The van der Waals surface area contributed by atoms with Gasteiger partial charge in [0.25, 0.3) is 0 Å². The van der Waals surface area contributed by atoms with Crippen LogP contribution in [-0.2, 0) is 20.9 Å². The fraction of sp³-hybridized carbons (Fsp3) is 0.706. The number of aromatic nitrogens is 2. The topological polar surface area (TPSA) is 67.7 Å². The van der Waals surface area contributed by atoms with Crippen LogP contribution in [0.15, 0.2) is 18.5 Å². The molecule has 4 rings (SSSR count). The zero-order valence-electron chi connectivity index (χ0n) is 14.2. The lowest BCUT2D eigenvalue weighted by atomic mass is 10.0. The maximum atomic E-state index is 12.7. The van der Waals surface area contributed by atoms with E-state index >= 15 is 0 Å². The van der Waals surface area contributed by atoms with Crippen LogP contribution in [0.4, 0.5) is 0 Å². The van der Waals surface area contributed by atoms with Crippen LogP contribution in [0.3, 0.4) is 0 Å². The van der Waals surface area contributed by atoms with Crippen molar-refractivity contribution in [1.82, 2.24) is 19.6 Å². The van der Waals surface area contributed by atoms with E-state index in [1.54, 1.807) is 10.9 Å². The Morgan fingerprint density at radius 1 is 1.50 bits per heavy atom. The van der Waals surface area contributed by atoms with Crippen molar-refractivity contribution in [1.29, 1.82) is 0 Å². The lowest BCUT2D eigenvalue weighted by molar-refractivity contribution is -0.141. The van der Waals surface area contributed by atoms with Crippen LogP contribution in [0, 0.1) is 5.92 Å². The number of nitrogens with zero attached hydrogens (tertiary/aromatic N) is 4. The van der Waals surface area contributed by atoms with Gasteiger partial charge in [-0.15, -0.1) is 0 Å². The van der Waals surface area contributed by atoms with E-state index in [-0.39, 0.29) is 23.9 Å².